The van der Waals surface area contributed by atoms with Crippen molar-refractivity contribution in [2.24, 2.45) is 7.05 Å². The summed E-state index contributed by atoms with van der Waals surface area (Å²) in [6.45, 7) is 4.09. The van der Waals surface area contributed by atoms with E-state index in [0.29, 0.717) is 6.54 Å². The highest BCUT2D eigenvalue weighted by Gasteiger charge is 2.12. The van der Waals surface area contributed by atoms with E-state index >= 15 is 0 Å². The number of hydrogen-bond donors (Lipinski definition) is 2. The normalized spacial score (nSPS) is 10.8. The molecule has 18 heavy (non-hydrogen) atoms. The van der Waals surface area contributed by atoms with Crippen LogP contribution in [0, 0.1) is 13.8 Å². The van der Waals surface area contributed by atoms with E-state index in [9.17, 15) is 9.59 Å². The minimum Gasteiger partial charge on any atom is -0.385 e. The molecule has 0 amide bonds. The summed E-state index contributed by atoms with van der Waals surface area (Å²) in [4.78, 5) is 25.0. The third kappa shape index (κ3) is 1.94. The Morgan fingerprint density at radius 1 is 1.39 bits per heavy atom. The summed E-state index contributed by atoms with van der Waals surface area (Å²) in [6, 6.07) is 1.20. The molecule has 2 heterocycles. The van der Waals surface area contributed by atoms with Gasteiger partial charge in [0.2, 0.25) is 0 Å². The van der Waals surface area contributed by atoms with E-state index in [2.05, 4.69) is 10.1 Å². The molecule has 2 aromatic rings. The van der Waals surface area contributed by atoms with E-state index in [-0.39, 0.29) is 5.82 Å². The molecule has 0 fully saturated rings. The molecule has 0 aliphatic carbocycles. The Morgan fingerprint density at radius 2 is 2.06 bits per heavy atom. The number of nitrogen functional groups attached to an aromatic ring is 1. The van der Waals surface area contributed by atoms with Crippen LogP contribution in [0.2, 0.25) is 0 Å². The number of nitrogens with one attached hydrogen (secondary N) is 1. The van der Waals surface area contributed by atoms with Crippen LogP contribution < -0.4 is 17.0 Å². The SMILES string of the molecule is Cc1nn(C)c(C)c1Cn1c(N)cc(=O)[nH]c1=O. The molecule has 3 N–H and O–H groups in total. The number of hydrogen-bond acceptors (Lipinski definition) is 4. The Morgan fingerprint density at radius 3 is 2.56 bits per heavy atom. The first kappa shape index (κ1) is 12.2. The lowest BCUT2D eigenvalue weighted by molar-refractivity contribution is 0.714. The average Bonchev–Trinajstić information content (AvgIpc) is 2.48. The van der Waals surface area contributed by atoms with E-state index in [0.717, 1.165) is 17.0 Å². The zero-order valence-corrected chi connectivity index (χ0v) is 10.5. The van der Waals surface area contributed by atoms with Crippen LogP contribution in [0.3, 0.4) is 0 Å². The Balaban J connectivity index is 2.53. The molecular weight excluding hydrogens is 234 g/mol. The number of nitrogens with two attached hydrogens (primary N) is 1. The molecule has 2 aromatic heterocycles. The Labute approximate surface area is 103 Å². The van der Waals surface area contributed by atoms with Crippen molar-refractivity contribution < 1.29 is 0 Å². The van der Waals surface area contributed by atoms with Gasteiger partial charge in [0.25, 0.3) is 5.56 Å². The summed E-state index contributed by atoms with van der Waals surface area (Å²) in [6.07, 6.45) is 0. The van der Waals surface area contributed by atoms with Crippen LogP contribution in [0.25, 0.3) is 0 Å². The Bertz CT molecular complexity index is 707. The van der Waals surface area contributed by atoms with E-state index in [4.69, 9.17) is 5.73 Å². The van der Waals surface area contributed by atoms with Crippen molar-refractivity contribution in [3.63, 3.8) is 0 Å². The maximum absolute atomic E-state index is 11.7. The van der Waals surface area contributed by atoms with Crippen LogP contribution in [-0.4, -0.2) is 19.3 Å². The zero-order valence-electron chi connectivity index (χ0n) is 10.5. The minimum atomic E-state index is -0.511. The maximum atomic E-state index is 11.7. The molecule has 7 nitrogen and oxygen atoms in total. The first-order chi connectivity index (χ1) is 8.40. The van der Waals surface area contributed by atoms with Gasteiger partial charge in [0.05, 0.1) is 12.2 Å². The Hall–Kier alpha value is -2.31. The fourth-order valence-corrected chi connectivity index (χ4v) is 1.91. The predicted molar refractivity (Wildman–Crippen MR) is 67.5 cm³/mol. The van der Waals surface area contributed by atoms with Gasteiger partial charge in [-0.2, -0.15) is 5.10 Å². The van der Waals surface area contributed by atoms with Gasteiger partial charge in [-0.25, -0.2) is 4.79 Å². The van der Waals surface area contributed by atoms with Gasteiger partial charge in [-0.05, 0) is 13.8 Å². The second kappa shape index (κ2) is 4.17. The van der Waals surface area contributed by atoms with Gasteiger partial charge in [-0.1, -0.05) is 0 Å². The summed E-state index contributed by atoms with van der Waals surface area (Å²) >= 11 is 0. The first-order valence-electron chi connectivity index (χ1n) is 5.49. The first-order valence-corrected chi connectivity index (χ1v) is 5.49. The molecule has 0 aliphatic rings. The van der Waals surface area contributed by atoms with Crippen molar-refractivity contribution in [3.8, 4) is 0 Å². The van der Waals surface area contributed by atoms with Gasteiger partial charge in [-0.3, -0.25) is 19.0 Å². The van der Waals surface area contributed by atoms with Gasteiger partial charge in [0.15, 0.2) is 0 Å². The molecule has 0 bridgehead atoms. The second-order valence-electron chi connectivity index (χ2n) is 4.22. The third-order valence-corrected chi connectivity index (χ3v) is 3.04. The minimum absolute atomic E-state index is 0.145. The fourth-order valence-electron chi connectivity index (χ4n) is 1.91. The smallest absolute Gasteiger partial charge is 0.330 e. The van der Waals surface area contributed by atoms with Crippen molar-refractivity contribution in [1.29, 1.82) is 0 Å². The number of aryl methyl sites for hydroxylation is 2. The number of H-pyrrole nitrogens is 1. The third-order valence-electron chi connectivity index (χ3n) is 3.04. The number of aromatic amines is 1. The van der Waals surface area contributed by atoms with Crippen LogP contribution in [0.1, 0.15) is 17.0 Å². The summed E-state index contributed by atoms with van der Waals surface area (Å²) in [5.41, 5.74) is 7.42. The Kier molecular flexibility index (Phi) is 2.82. The molecule has 7 heteroatoms. The number of rotatable bonds is 2. The molecule has 0 radical (unpaired) electrons. The van der Waals surface area contributed by atoms with E-state index in [1.807, 2.05) is 20.9 Å². The largest absolute Gasteiger partial charge is 0.385 e. The highest BCUT2D eigenvalue weighted by molar-refractivity contribution is 5.31. The van der Waals surface area contributed by atoms with Crippen molar-refractivity contribution in [2.45, 2.75) is 20.4 Å². The molecule has 0 saturated heterocycles. The lowest BCUT2D eigenvalue weighted by Crippen LogP contribution is -2.31. The van der Waals surface area contributed by atoms with Crippen molar-refractivity contribution >= 4 is 5.82 Å². The number of nitrogens with zero attached hydrogens (tertiary/aromatic N) is 3. The molecule has 0 spiro atoms. The van der Waals surface area contributed by atoms with E-state index in [1.165, 1.54) is 10.6 Å². The van der Waals surface area contributed by atoms with Crippen LogP contribution in [0.5, 0.6) is 0 Å². The van der Waals surface area contributed by atoms with Gasteiger partial charge in [0, 0.05) is 24.4 Å². The lowest BCUT2D eigenvalue weighted by Gasteiger charge is -2.08. The molecule has 0 aromatic carbocycles. The lowest BCUT2D eigenvalue weighted by atomic mass is 10.2. The zero-order chi connectivity index (χ0) is 13.4. The highest BCUT2D eigenvalue weighted by atomic mass is 16.2. The van der Waals surface area contributed by atoms with Crippen LogP contribution in [0.4, 0.5) is 5.82 Å². The van der Waals surface area contributed by atoms with Crippen molar-refractivity contribution in [1.82, 2.24) is 19.3 Å². The molecule has 0 atom stereocenters. The van der Waals surface area contributed by atoms with Gasteiger partial charge in [-0.15, -0.1) is 0 Å². The molecule has 0 unspecified atom stereocenters. The number of anilines is 1. The summed E-state index contributed by atoms with van der Waals surface area (Å²) in [7, 11) is 1.84. The second-order valence-corrected chi connectivity index (χ2v) is 4.22. The van der Waals surface area contributed by atoms with E-state index < -0.39 is 11.2 Å². The molecule has 2 rings (SSSR count). The van der Waals surface area contributed by atoms with Crippen LogP contribution >= 0.6 is 0 Å². The van der Waals surface area contributed by atoms with Crippen molar-refractivity contribution in [2.75, 3.05) is 5.73 Å². The maximum Gasteiger partial charge on any atom is 0.330 e. The summed E-state index contributed by atoms with van der Waals surface area (Å²) < 4.78 is 3.07. The van der Waals surface area contributed by atoms with Gasteiger partial charge in [0.1, 0.15) is 5.82 Å². The predicted octanol–water partition coefficient (Wildman–Crippen LogP) is -0.483. The fraction of sp³-hybridized carbons (Fsp3) is 0.364. The van der Waals surface area contributed by atoms with Gasteiger partial charge < -0.3 is 5.73 Å². The average molecular weight is 249 g/mol. The molecule has 0 saturated carbocycles. The quantitative estimate of drug-likeness (QED) is 0.750. The summed E-state index contributed by atoms with van der Waals surface area (Å²) in [5.74, 6) is 0.145. The number of aromatic nitrogens is 4. The van der Waals surface area contributed by atoms with E-state index in [1.54, 1.807) is 4.68 Å². The van der Waals surface area contributed by atoms with Crippen molar-refractivity contribution in [3.05, 3.63) is 43.9 Å². The van der Waals surface area contributed by atoms with Crippen LogP contribution in [-0.2, 0) is 13.6 Å². The molecule has 0 aliphatic heterocycles. The van der Waals surface area contributed by atoms with Gasteiger partial charge >= 0.3 is 5.69 Å². The monoisotopic (exact) mass is 249 g/mol. The summed E-state index contributed by atoms with van der Waals surface area (Å²) in [5, 5.41) is 4.27. The highest BCUT2D eigenvalue weighted by Crippen LogP contribution is 2.13. The molecular formula is C11H15N5O2. The van der Waals surface area contributed by atoms with Crippen LogP contribution in [0.15, 0.2) is 15.7 Å². The molecule has 96 valence electrons. The standard InChI is InChI=1S/C11H15N5O2/c1-6-8(7(2)15(3)14-6)5-16-9(12)4-10(17)13-11(16)18/h4H,5,12H2,1-3H3,(H,13,17,18). The topological polar surface area (TPSA) is 98.7 Å².